The smallest absolute Gasteiger partial charge is 0.266 e. The van der Waals surface area contributed by atoms with Gasteiger partial charge in [-0.05, 0) is 13.0 Å². The zero-order valence-electron chi connectivity index (χ0n) is 16.8. The Balaban J connectivity index is 0.00000160. The number of carbonyl (C=O) groups excluding carboxylic acids is 1. The van der Waals surface area contributed by atoms with Crippen molar-refractivity contribution in [1.29, 1.82) is 0 Å². The van der Waals surface area contributed by atoms with E-state index in [0.29, 0.717) is 18.0 Å². The second-order valence-electron chi connectivity index (χ2n) is 6.76. The van der Waals surface area contributed by atoms with Gasteiger partial charge in [-0.3, -0.25) is 4.79 Å². The second-order valence-corrected chi connectivity index (χ2v) is 7.76. The molecule has 8 heteroatoms. The van der Waals surface area contributed by atoms with Gasteiger partial charge in [0, 0.05) is 30.8 Å². The van der Waals surface area contributed by atoms with Crippen LogP contribution in [-0.2, 0) is 0 Å². The highest BCUT2D eigenvalue weighted by molar-refractivity contribution is 7.17. The Morgan fingerprint density at radius 3 is 2.57 bits per heavy atom. The van der Waals surface area contributed by atoms with E-state index in [-0.39, 0.29) is 36.8 Å². The number of nitrogens with one attached hydrogen (secondary N) is 1. The lowest BCUT2D eigenvalue weighted by molar-refractivity contribution is 0.0635. The average molecular weight is 466 g/mol. The van der Waals surface area contributed by atoms with Crippen LogP contribution < -0.4 is 10.1 Å². The topological polar surface area (TPSA) is 54.5 Å². The van der Waals surface area contributed by atoms with Crippen molar-refractivity contribution in [2.24, 2.45) is 0 Å². The molecule has 160 valence electrons. The number of ether oxygens (including phenoxy) is 1. The van der Waals surface area contributed by atoms with E-state index in [4.69, 9.17) is 4.74 Å². The van der Waals surface area contributed by atoms with E-state index in [1.165, 1.54) is 11.3 Å². The van der Waals surface area contributed by atoms with E-state index < -0.39 is 0 Å². The van der Waals surface area contributed by atoms with Gasteiger partial charge in [0.2, 0.25) is 0 Å². The number of aryl methyl sites for hydroxylation is 1. The third-order valence-corrected chi connectivity index (χ3v) is 6.21. The lowest BCUT2D eigenvalue weighted by Crippen LogP contribution is -2.48. The predicted molar refractivity (Wildman–Crippen MR) is 126 cm³/mol. The summed E-state index contributed by atoms with van der Waals surface area (Å²) in [4.78, 5) is 20.8. The number of nitrogens with zero attached hydrogens (tertiary/aromatic N) is 2. The van der Waals surface area contributed by atoms with Crippen LogP contribution in [0.25, 0.3) is 10.6 Å². The molecule has 2 aromatic carbocycles. The van der Waals surface area contributed by atoms with Gasteiger partial charge in [-0.15, -0.1) is 36.2 Å². The standard InChI is InChI=1S/C22H23N3O2S.2ClH/c1-15-20(28-21(24-15)16-8-4-3-5-9-16)22(26)25-13-12-23-14-18(25)17-10-6-7-11-19(17)27-2;;/h3-11,18,23H,12-14H2,1-2H3;2*1H. The zero-order valence-corrected chi connectivity index (χ0v) is 19.3. The number of amides is 1. The molecular weight excluding hydrogens is 441 g/mol. The molecular formula is C22H25Cl2N3O2S. The maximum atomic E-state index is 13.5. The molecule has 1 unspecified atom stereocenters. The highest BCUT2D eigenvalue weighted by Gasteiger charge is 2.32. The van der Waals surface area contributed by atoms with Crippen molar-refractivity contribution in [2.75, 3.05) is 26.7 Å². The van der Waals surface area contributed by atoms with E-state index in [1.54, 1.807) is 7.11 Å². The Hall–Kier alpha value is -2.12. The van der Waals surface area contributed by atoms with E-state index in [0.717, 1.165) is 34.1 Å². The fourth-order valence-corrected chi connectivity index (χ4v) is 4.62. The van der Waals surface area contributed by atoms with Crippen molar-refractivity contribution in [2.45, 2.75) is 13.0 Å². The van der Waals surface area contributed by atoms with Crippen molar-refractivity contribution < 1.29 is 9.53 Å². The van der Waals surface area contributed by atoms with Crippen LogP contribution in [0, 0.1) is 6.92 Å². The fraction of sp³-hybridized carbons (Fsp3) is 0.273. The quantitative estimate of drug-likeness (QED) is 0.603. The van der Waals surface area contributed by atoms with E-state index in [9.17, 15) is 4.79 Å². The molecule has 0 aliphatic carbocycles. The molecule has 5 nitrogen and oxygen atoms in total. The summed E-state index contributed by atoms with van der Waals surface area (Å²) in [6.07, 6.45) is 0. The molecule has 4 rings (SSSR count). The van der Waals surface area contributed by atoms with Crippen LogP contribution in [0.4, 0.5) is 0 Å². The summed E-state index contributed by atoms with van der Waals surface area (Å²) in [6.45, 7) is 4.05. The lowest BCUT2D eigenvalue weighted by atomic mass is 10.0. The summed E-state index contributed by atoms with van der Waals surface area (Å²) in [7, 11) is 1.67. The molecule has 0 saturated carbocycles. The maximum absolute atomic E-state index is 13.5. The van der Waals surface area contributed by atoms with Crippen LogP contribution in [0.15, 0.2) is 54.6 Å². The number of thiazole rings is 1. The maximum Gasteiger partial charge on any atom is 0.266 e. The minimum absolute atomic E-state index is 0. The van der Waals surface area contributed by atoms with Gasteiger partial charge in [-0.25, -0.2) is 4.98 Å². The molecule has 1 aromatic heterocycles. The Morgan fingerprint density at radius 1 is 1.13 bits per heavy atom. The van der Waals surface area contributed by atoms with Gasteiger partial charge in [0.1, 0.15) is 15.6 Å². The monoisotopic (exact) mass is 465 g/mol. The number of halogens is 2. The van der Waals surface area contributed by atoms with Crippen LogP contribution in [0.5, 0.6) is 5.75 Å². The first-order chi connectivity index (χ1) is 13.7. The van der Waals surface area contributed by atoms with Gasteiger partial charge < -0.3 is 15.0 Å². The molecule has 1 saturated heterocycles. The summed E-state index contributed by atoms with van der Waals surface area (Å²) in [5.74, 6) is 0.842. The minimum atomic E-state index is -0.0703. The molecule has 1 fully saturated rings. The number of benzene rings is 2. The van der Waals surface area contributed by atoms with Gasteiger partial charge in [-0.2, -0.15) is 0 Å². The summed E-state index contributed by atoms with van der Waals surface area (Å²) >= 11 is 1.47. The number of rotatable bonds is 4. The highest BCUT2D eigenvalue weighted by Crippen LogP contribution is 2.34. The number of piperazine rings is 1. The minimum Gasteiger partial charge on any atom is -0.496 e. The first kappa shape index (κ1) is 24.2. The molecule has 30 heavy (non-hydrogen) atoms. The molecule has 0 radical (unpaired) electrons. The van der Waals surface area contributed by atoms with Gasteiger partial charge in [-0.1, -0.05) is 48.5 Å². The van der Waals surface area contributed by atoms with Crippen molar-refractivity contribution in [3.05, 3.63) is 70.7 Å². The number of hydrogen-bond donors (Lipinski definition) is 1. The van der Waals surface area contributed by atoms with Crippen molar-refractivity contribution in [1.82, 2.24) is 15.2 Å². The predicted octanol–water partition coefficient (Wildman–Crippen LogP) is 4.76. The van der Waals surface area contributed by atoms with Gasteiger partial charge in [0.05, 0.1) is 18.8 Å². The Bertz CT molecular complexity index is 982. The first-order valence-electron chi connectivity index (χ1n) is 9.36. The van der Waals surface area contributed by atoms with E-state index >= 15 is 0 Å². The molecule has 3 aromatic rings. The zero-order chi connectivity index (χ0) is 19.5. The first-order valence-corrected chi connectivity index (χ1v) is 10.2. The molecule has 1 atom stereocenters. The van der Waals surface area contributed by atoms with Crippen molar-refractivity contribution in [3.8, 4) is 16.3 Å². The number of para-hydroxylation sites is 1. The molecule has 1 amide bonds. The summed E-state index contributed by atoms with van der Waals surface area (Å²) in [5, 5.41) is 4.28. The van der Waals surface area contributed by atoms with Crippen LogP contribution in [-0.4, -0.2) is 42.5 Å². The normalized spacial score (nSPS) is 15.7. The summed E-state index contributed by atoms with van der Waals surface area (Å²) in [5.41, 5.74) is 2.85. The van der Waals surface area contributed by atoms with Gasteiger partial charge in [0.25, 0.3) is 5.91 Å². The SMILES string of the molecule is COc1ccccc1C1CNCCN1C(=O)c1sc(-c2ccccc2)nc1C.Cl.Cl. The number of aromatic nitrogens is 1. The van der Waals surface area contributed by atoms with Crippen molar-refractivity contribution >= 4 is 42.1 Å². The van der Waals surface area contributed by atoms with Crippen LogP contribution >= 0.6 is 36.2 Å². The van der Waals surface area contributed by atoms with Crippen LogP contribution in [0.1, 0.15) is 27.0 Å². The van der Waals surface area contributed by atoms with Crippen LogP contribution in [0.2, 0.25) is 0 Å². The highest BCUT2D eigenvalue weighted by atomic mass is 35.5. The third kappa shape index (κ3) is 4.78. The Labute approximate surface area is 193 Å². The van der Waals surface area contributed by atoms with E-state index in [2.05, 4.69) is 10.3 Å². The molecule has 1 aliphatic heterocycles. The average Bonchev–Trinajstić information content (AvgIpc) is 3.15. The Kier molecular flexibility index (Phi) is 8.67. The number of carbonyl (C=O) groups is 1. The molecule has 1 aliphatic rings. The molecule has 0 spiro atoms. The number of methoxy groups -OCH3 is 1. The van der Waals surface area contributed by atoms with E-state index in [1.807, 2.05) is 66.4 Å². The molecule has 2 heterocycles. The fourth-order valence-electron chi connectivity index (χ4n) is 3.60. The largest absolute Gasteiger partial charge is 0.496 e. The van der Waals surface area contributed by atoms with Gasteiger partial charge >= 0.3 is 0 Å². The lowest BCUT2D eigenvalue weighted by Gasteiger charge is -2.37. The van der Waals surface area contributed by atoms with Crippen molar-refractivity contribution in [3.63, 3.8) is 0 Å². The molecule has 0 bridgehead atoms. The second kappa shape index (κ2) is 10.8. The van der Waals surface area contributed by atoms with Gasteiger partial charge in [0.15, 0.2) is 0 Å². The van der Waals surface area contributed by atoms with Crippen LogP contribution in [0.3, 0.4) is 0 Å². The summed E-state index contributed by atoms with van der Waals surface area (Å²) in [6, 6.07) is 17.8. The molecule has 1 N–H and O–H groups in total. The number of hydrogen-bond acceptors (Lipinski definition) is 5. The summed E-state index contributed by atoms with van der Waals surface area (Å²) < 4.78 is 5.54. The third-order valence-electron chi connectivity index (χ3n) is 5.01. The Morgan fingerprint density at radius 2 is 1.83 bits per heavy atom.